The van der Waals surface area contributed by atoms with Crippen molar-refractivity contribution in [3.63, 3.8) is 0 Å². The molecule has 0 saturated heterocycles. The molecular weight excluding hydrogens is 641 g/mol. The molecule has 0 aliphatic rings. The highest BCUT2D eigenvalue weighted by atomic mass is 127. The summed E-state index contributed by atoms with van der Waals surface area (Å²) < 4.78 is 2.37. The number of carbonyl (C=O) groups is 2. The van der Waals surface area contributed by atoms with E-state index in [0.29, 0.717) is 47.2 Å². The Kier molecular flexibility index (Phi) is 8.14. The number of amides is 1. The maximum Gasteiger partial charge on any atom is 0.251 e. The van der Waals surface area contributed by atoms with Crippen LogP contribution in [0.5, 0.6) is 0 Å². The molecule has 200 valence electrons. The number of hydrogen-bond acceptors (Lipinski definition) is 6. The van der Waals surface area contributed by atoms with Crippen LogP contribution in [0.3, 0.4) is 0 Å². The normalized spacial score (nSPS) is 10.8. The Morgan fingerprint density at radius 3 is 2.60 bits per heavy atom. The predicted molar refractivity (Wildman–Crippen MR) is 162 cm³/mol. The molecule has 0 radical (unpaired) electrons. The van der Waals surface area contributed by atoms with E-state index in [2.05, 4.69) is 54.4 Å². The first-order chi connectivity index (χ1) is 19.4. The van der Waals surface area contributed by atoms with E-state index in [9.17, 15) is 14.9 Å². The zero-order chi connectivity index (χ0) is 28.2. The molecule has 40 heavy (non-hydrogen) atoms. The molecule has 5 rings (SSSR count). The fourth-order valence-corrected chi connectivity index (χ4v) is 5.29. The topological polar surface area (TPSA) is 128 Å². The maximum absolute atomic E-state index is 13.4. The Morgan fingerprint density at radius 2 is 1.85 bits per heavy atom. The third-order valence-corrected chi connectivity index (χ3v) is 7.38. The molecule has 0 bridgehead atoms. The van der Waals surface area contributed by atoms with Gasteiger partial charge in [0.25, 0.3) is 5.91 Å². The van der Waals surface area contributed by atoms with E-state index in [1.807, 2.05) is 19.1 Å². The van der Waals surface area contributed by atoms with E-state index >= 15 is 0 Å². The summed E-state index contributed by atoms with van der Waals surface area (Å²) in [5.41, 5.74) is 4.46. The number of halogens is 2. The number of fused-ring (bicyclic) bond motifs is 1. The van der Waals surface area contributed by atoms with Crippen LogP contribution in [0, 0.1) is 21.8 Å². The van der Waals surface area contributed by atoms with Crippen molar-refractivity contribution in [1.82, 2.24) is 25.1 Å². The van der Waals surface area contributed by atoms with Gasteiger partial charge in [0, 0.05) is 32.8 Å². The van der Waals surface area contributed by atoms with Crippen LogP contribution in [0.25, 0.3) is 16.7 Å². The quantitative estimate of drug-likeness (QED) is 0.106. The molecule has 0 spiro atoms. The first kappa shape index (κ1) is 27.4. The van der Waals surface area contributed by atoms with E-state index in [0.717, 1.165) is 20.2 Å². The third kappa shape index (κ3) is 5.71. The fourth-order valence-electron chi connectivity index (χ4n) is 4.19. The Morgan fingerprint density at radius 1 is 1.07 bits per heavy atom. The summed E-state index contributed by atoms with van der Waals surface area (Å²) in [4.78, 5) is 33.2. The number of aromatic amines is 1. The van der Waals surface area contributed by atoms with Crippen molar-refractivity contribution < 1.29 is 9.59 Å². The first-order valence-electron chi connectivity index (χ1n) is 12.4. The van der Waals surface area contributed by atoms with E-state index in [1.165, 1.54) is 0 Å². The molecule has 11 heteroatoms. The molecule has 2 aromatic heterocycles. The number of hydrogen-bond donors (Lipinski definition) is 3. The number of aryl methyl sites for hydroxylation is 1. The van der Waals surface area contributed by atoms with Gasteiger partial charge < -0.3 is 15.6 Å². The zero-order valence-corrected chi connectivity index (χ0v) is 24.2. The smallest absolute Gasteiger partial charge is 0.251 e. The minimum absolute atomic E-state index is 0.0575. The number of carbonyl (C=O) groups excluding carboxylic acids is 2. The van der Waals surface area contributed by atoms with Gasteiger partial charge in [-0.05, 0) is 72.3 Å². The summed E-state index contributed by atoms with van der Waals surface area (Å²) in [6.45, 7) is 2.76. The van der Waals surface area contributed by atoms with Crippen molar-refractivity contribution in [3.8, 4) is 11.8 Å². The Balaban J connectivity index is 1.35. The average molecular weight is 664 g/mol. The van der Waals surface area contributed by atoms with Crippen LogP contribution in [0.4, 0.5) is 5.82 Å². The lowest BCUT2D eigenvalue weighted by atomic mass is 10.0. The Hall–Kier alpha value is -4.21. The van der Waals surface area contributed by atoms with Gasteiger partial charge in [-0.15, -0.1) is 0 Å². The molecule has 9 nitrogen and oxygen atoms in total. The summed E-state index contributed by atoms with van der Waals surface area (Å²) in [6, 6.07) is 19.9. The third-order valence-electron chi connectivity index (χ3n) is 6.28. The van der Waals surface area contributed by atoms with Crippen molar-refractivity contribution in [2.24, 2.45) is 0 Å². The monoisotopic (exact) mass is 663 g/mol. The van der Waals surface area contributed by atoms with Gasteiger partial charge in [-0.1, -0.05) is 41.4 Å². The van der Waals surface area contributed by atoms with Crippen molar-refractivity contribution in [1.29, 1.82) is 5.26 Å². The largest absolute Gasteiger partial charge is 0.369 e. The van der Waals surface area contributed by atoms with Crippen LogP contribution in [0.1, 0.15) is 44.0 Å². The van der Waals surface area contributed by atoms with Crippen LogP contribution in [0.15, 0.2) is 67.0 Å². The van der Waals surface area contributed by atoms with Crippen molar-refractivity contribution >= 4 is 62.7 Å². The summed E-state index contributed by atoms with van der Waals surface area (Å²) in [5, 5.41) is 21.4. The SMILES string of the molecule is Cc1ccc(C(=O)c2nn(-c3ccc(Cl)cc3I)c(NCCCNC(=O)c3ccc4nc[nH]c4c3)c2C#N)cc1. The van der Waals surface area contributed by atoms with Crippen molar-refractivity contribution in [2.45, 2.75) is 13.3 Å². The molecule has 0 aliphatic carbocycles. The van der Waals surface area contributed by atoms with Gasteiger partial charge >= 0.3 is 0 Å². The molecule has 1 amide bonds. The number of nitrogens with zero attached hydrogens (tertiary/aromatic N) is 4. The van der Waals surface area contributed by atoms with E-state index < -0.39 is 0 Å². The lowest BCUT2D eigenvalue weighted by Crippen LogP contribution is -2.26. The highest BCUT2D eigenvalue weighted by molar-refractivity contribution is 14.1. The van der Waals surface area contributed by atoms with Crippen LogP contribution in [-0.2, 0) is 0 Å². The average Bonchev–Trinajstić information content (AvgIpc) is 3.57. The highest BCUT2D eigenvalue weighted by Crippen LogP contribution is 2.29. The minimum atomic E-state index is -0.344. The molecule has 5 aromatic rings. The number of nitriles is 1. The lowest BCUT2D eigenvalue weighted by Gasteiger charge is -2.12. The van der Waals surface area contributed by atoms with Crippen molar-refractivity contribution in [3.05, 3.63) is 104 Å². The van der Waals surface area contributed by atoms with Crippen LogP contribution in [-0.4, -0.2) is 44.5 Å². The van der Waals surface area contributed by atoms with Gasteiger partial charge in [0.2, 0.25) is 5.78 Å². The fraction of sp³-hybridized carbons (Fsp3) is 0.138. The van der Waals surface area contributed by atoms with Crippen molar-refractivity contribution in [2.75, 3.05) is 18.4 Å². The summed E-state index contributed by atoms with van der Waals surface area (Å²) in [6.07, 6.45) is 2.15. The number of imidazole rings is 1. The molecule has 0 saturated carbocycles. The molecule has 0 unspecified atom stereocenters. The molecule has 2 heterocycles. The number of nitrogens with one attached hydrogen (secondary N) is 3. The number of rotatable bonds is 9. The van der Waals surface area contributed by atoms with Gasteiger partial charge in [0.15, 0.2) is 5.69 Å². The van der Waals surface area contributed by atoms with E-state index in [1.54, 1.807) is 59.5 Å². The summed E-state index contributed by atoms with van der Waals surface area (Å²) in [5.74, 6) is -0.140. The molecule has 3 aromatic carbocycles. The number of H-pyrrole nitrogens is 1. The minimum Gasteiger partial charge on any atom is -0.369 e. The second kappa shape index (κ2) is 11.9. The van der Waals surface area contributed by atoms with Crippen LogP contribution >= 0.6 is 34.2 Å². The van der Waals surface area contributed by atoms with E-state index in [4.69, 9.17) is 11.6 Å². The van der Waals surface area contributed by atoms with Crippen LogP contribution < -0.4 is 10.6 Å². The summed E-state index contributed by atoms with van der Waals surface area (Å²) in [7, 11) is 0. The zero-order valence-electron chi connectivity index (χ0n) is 21.3. The Labute approximate surface area is 248 Å². The number of benzene rings is 3. The first-order valence-corrected chi connectivity index (χ1v) is 13.9. The second-order valence-electron chi connectivity index (χ2n) is 9.06. The molecule has 0 fully saturated rings. The highest BCUT2D eigenvalue weighted by Gasteiger charge is 2.25. The number of aromatic nitrogens is 4. The summed E-state index contributed by atoms with van der Waals surface area (Å²) >= 11 is 8.31. The standard InChI is InChI=1S/C29H23ClIN7O2/c1-17-3-5-18(6-4-17)27(39)26-21(15-32)28(38(37-26)25-10-8-20(30)14-22(25)31)33-11-2-12-34-29(40)19-7-9-23-24(13-19)36-16-35-23/h3-10,13-14,16,33H,2,11-12H2,1H3,(H,34,40)(H,35,36). The van der Waals surface area contributed by atoms with Gasteiger partial charge in [0.05, 0.1) is 23.0 Å². The van der Waals surface area contributed by atoms with Gasteiger partial charge in [-0.3, -0.25) is 9.59 Å². The lowest BCUT2D eigenvalue weighted by molar-refractivity contribution is 0.0953. The van der Waals surface area contributed by atoms with Gasteiger partial charge in [-0.25, -0.2) is 9.67 Å². The molecule has 3 N–H and O–H groups in total. The maximum atomic E-state index is 13.4. The molecule has 0 atom stereocenters. The Bertz CT molecular complexity index is 1770. The molecular formula is C29H23ClIN7O2. The molecule has 0 aliphatic heterocycles. The number of ketones is 1. The van der Waals surface area contributed by atoms with Crippen LogP contribution in [0.2, 0.25) is 5.02 Å². The van der Waals surface area contributed by atoms with Gasteiger partial charge in [-0.2, -0.15) is 10.4 Å². The predicted octanol–water partition coefficient (Wildman–Crippen LogP) is 5.65. The van der Waals surface area contributed by atoms with E-state index in [-0.39, 0.29) is 22.9 Å². The second-order valence-corrected chi connectivity index (χ2v) is 10.7. The van der Waals surface area contributed by atoms with Gasteiger partial charge in [0.1, 0.15) is 17.5 Å². The number of anilines is 1.